The first-order chi connectivity index (χ1) is 9.47. The van der Waals surface area contributed by atoms with Crippen LogP contribution in [0.2, 0.25) is 0 Å². The smallest absolute Gasteiger partial charge is 0.211 e. The van der Waals surface area contributed by atoms with Crippen molar-refractivity contribution in [2.24, 2.45) is 0 Å². The van der Waals surface area contributed by atoms with Crippen molar-refractivity contribution in [3.05, 3.63) is 47.7 Å². The molecule has 0 radical (unpaired) electrons. The molecule has 2 atom stereocenters. The maximum Gasteiger partial charge on any atom is 0.211 e. The van der Waals surface area contributed by atoms with E-state index >= 15 is 0 Å². The van der Waals surface area contributed by atoms with Crippen molar-refractivity contribution >= 4 is 5.69 Å². The zero-order valence-electron chi connectivity index (χ0n) is 12.8. The molecule has 1 N–H and O–H groups in total. The highest BCUT2D eigenvalue weighted by Gasteiger charge is 2.15. The number of benzene rings is 1. The second-order valence-corrected chi connectivity index (χ2v) is 5.41. The standard InChI is InChI=1S/C16H23N3O/c1-11-10-17-16(20-11)13(3)18-12(2)14-6-8-15(9-7-14)19(4)5/h6-10,12-13,18H,1-5H3. The van der Waals surface area contributed by atoms with Gasteiger partial charge in [-0.1, -0.05) is 12.1 Å². The number of rotatable bonds is 5. The molecule has 108 valence electrons. The molecule has 0 aliphatic rings. The molecule has 2 rings (SSSR count). The summed E-state index contributed by atoms with van der Waals surface area (Å²) in [6.45, 7) is 6.12. The van der Waals surface area contributed by atoms with Crippen molar-refractivity contribution in [3.63, 3.8) is 0 Å². The lowest BCUT2D eigenvalue weighted by Crippen LogP contribution is -2.22. The van der Waals surface area contributed by atoms with E-state index < -0.39 is 0 Å². The van der Waals surface area contributed by atoms with E-state index in [0.717, 1.165) is 11.7 Å². The van der Waals surface area contributed by atoms with Crippen LogP contribution in [0, 0.1) is 6.92 Å². The fourth-order valence-electron chi connectivity index (χ4n) is 2.18. The molecule has 0 amide bonds. The van der Waals surface area contributed by atoms with Crippen molar-refractivity contribution in [1.82, 2.24) is 10.3 Å². The molecule has 0 aliphatic heterocycles. The van der Waals surface area contributed by atoms with E-state index in [4.69, 9.17) is 4.42 Å². The highest BCUT2D eigenvalue weighted by Crippen LogP contribution is 2.21. The molecule has 0 saturated heterocycles. The predicted molar refractivity (Wildman–Crippen MR) is 82.0 cm³/mol. The van der Waals surface area contributed by atoms with Crippen LogP contribution in [0.4, 0.5) is 5.69 Å². The van der Waals surface area contributed by atoms with E-state index in [1.807, 2.05) is 21.0 Å². The third-order valence-electron chi connectivity index (χ3n) is 3.42. The van der Waals surface area contributed by atoms with Gasteiger partial charge in [-0.25, -0.2) is 4.98 Å². The average molecular weight is 273 g/mol. The van der Waals surface area contributed by atoms with Crippen LogP contribution in [-0.2, 0) is 0 Å². The summed E-state index contributed by atoms with van der Waals surface area (Å²) >= 11 is 0. The fourth-order valence-corrected chi connectivity index (χ4v) is 2.18. The maximum absolute atomic E-state index is 5.55. The Labute approximate surface area is 120 Å². The second kappa shape index (κ2) is 6.09. The minimum atomic E-state index is 0.0900. The quantitative estimate of drug-likeness (QED) is 0.905. The minimum absolute atomic E-state index is 0.0900. The highest BCUT2D eigenvalue weighted by molar-refractivity contribution is 5.46. The number of oxazole rings is 1. The van der Waals surface area contributed by atoms with Crippen LogP contribution < -0.4 is 10.2 Å². The van der Waals surface area contributed by atoms with Gasteiger partial charge in [0, 0.05) is 25.8 Å². The van der Waals surface area contributed by atoms with E-state index in [0.29, 0.717) is 0 Å². The molecule has 20 heavy (non-hydrogen) atoms. The van der Waals surface area contributed by atoms with E-state index in [1.54, 1.807) is 6.20 Å². The lowest BCUT2D eigenvalue weighted by Gasteiger charge is -2.19. The van der Waals surface area contributed by atoms with Crippen molar-refractivity contribution in [3.8, 4) is 0 Å². The summed E-state index contributed by atoms with van der Waals surface area (Å²) in [5, 5.41) is 3.50. The number of nitrogens with zero attached hydrogens (tertiary/aromatic N) is 2. The number of nitrogens with one attached hydrogen (secondary N) is 1. The zero-order chi connectivity index (χ0) is 14.7. The summed E-state index contributed by atoms with van der Waals surface area (Å²) < 4.78 is 5.55. The summed E-state index contributed by atoms with van der Waals surface area (Å²) in [5.74, 6) is 1.58. The van der Waals surface area contributed by atoms with Crippen molar-refractivity contribution in [1.29, 1.82) is 0 Å². The summed E-state index contributed by atoms with van der Waals surface area (Å²) in [4.78, 5) is 6.36. The zero-order valence-corrected chi connectivity index (χ0v) is 12.8. The minimum Gasteiger partial charge on any atom is -0.444 e. The number of hydrogen-bond acceptors (Lipinski definition) is 4. The molecular weight excluding hydrogens is 250 g/mol. The Hall–Kier alpha value is -1.81. The van der Waals surface area contributed by atoms with E-state index in [1.165, 1.54) is 11.3 Å². The first-order valence-corrected chi connectivity index (χ1v) is 6.93. The molecule has 0 spiro atoms. The van der Waals surface area contributed by atoms with Crippen LogP contribution in [0.3, 0.4) is 0 Å². The Morgan fingerprint density at radius 3 is 2.25 bits per heavy atom. The van der Waals surface area contributed by atoms with Gasteiger partial charge in [-0.2, -0.15) is 0 Å². The SMILES string of the molecule is Cc1cnc(C(C)NC(C)c2ccc(N(C)C)cc2)o1. The van der Waals surface area contributed by atoms with Gasteiger partial charge in [-0.3, -0.25) is 5.32 Å². The number of aryl methyl sites for hydroxylation is 1. The molecule has 1 heterocycles. The van der Waals surface area contributed by atoms with Crippen LogP contribution in [-0.4, -0.2) is 19.1 Å². The van der Waals surface area contributed by atoms with Gasteiger partial charge in [-0.05, 0) is 38.5 Å². The number of anilines is 1. The first kappa shape index (κ1) is 14.6. The molecule has 1 aromatic carbocycles. The lowest BCUT2D eigenvalue weighted by atomic mass is 10.1. The highest BCUT2D eigenvalue weighted by atomic mass is 16.4. The lowest BCUT2D eigenvalue weighted by molar-refractivity contribution is 0.380. The van der Waals surface area contributed by atoms with Gasteiger partial charge in [0.15, 0.2) is 0 Å². The summed E-state index contributed by atoms with van der Waals surface area (Å²) in [6, 6.07) is 8.91. The summed E-state index contributed by atoms with van der Waals surface area (Å²) in [7, 11) is 4.09. The number of aromatic nitrogens is 1. The number of hydrogen-bond donors (Lipinski definition) is 1. The Morgan fingerprint density at radius 1 is 1.10 bits per heavy atom. The molecule has 0 bridgehead atoms. The van der Waals surface area contributed by atoms with Gasteiger partial charge >= 0.3 is 0 Å². The Morgan fingerprint density at radius 2 is 1.75 bits per heavy atom. The van der Waals surface area contributed by atoms with Gasteiger partial charge < -0.3 is 9.32 Å². The predicted octanol–water partition coefficient (Wildman–Crippen LogP) is 3.46. The van der Waals surface area contributed by atoms with Gasteiger partial charge in [0.1, 0.15) is 5.76 Å². The molecule has 0 aliphatic carbocycles. The topological polar surface area (TPSA) is 41.3 Å². The Kier molecular flexibility index (Phi) is 4.45. The van der Waals surface area contributed by atoms with E-state index in [-0.39, 0.29) is 12.1 Å². The molecule has 0 fully saturated rings. The molecular formula is C16H23N3O. The third-order valence-corrected chi connectivity index (χ3v) is 3.42. The van der Waals surface area contributed by atoms with Gasteiger partial charge in [-0.15, -0.1) is 0 Å². The third kappa shape index (κ3) is 3.39. The molecule has 4 nitrogen and oxygen atoms in total. The van der Waals surface area contributed by atoms with Gasteiger partial charge in [0.25, 0.3) is 0 Å². The summed E-state index contributed by atoms with van der Waals surface area (Å²) in [6.07, 6.45) is 1.75. The largest absolute Gasteiger partial charge is 0.444 e. The van der Waals surface area contributed by atoms with Crippen LogP contribution in [0.15, 0.2) is 34.9 Å². The van der Waals surface area contributed by atoms with Crippen LogP contribution in [0.5, 0.6) is 0 Å². The second-order valence-electron chi connectivity index (χ2n) is 5.41. The molecule has 4 heteroatoms. The van der Waals surface area contributed by atoms with Crippen molar-refractivity contribution < 1.29 is 4.42 Å². The van der Waals surface area contributed by atoms with Gasteiger partial charge in [0.05, 0.1) is 12.2 Å². The van der Waals surface area contributed by atoms with Gasteiger partial charge in [0.2, 0.25) is 5.89 Å². The monoisotopic (exact) mass is 273 g/mol. The molecule has 0 saturated carbocycles. The van der Waals surface area contributed by atoms with Crippen LogP contribution in [0.1, 0.15) is 43.1 Å². The molecule has 2 unspecified atom stereocenters. The summed E-state index contributed by atoms with van der Waals surface area (Å²) in [5.41, 5.74) is 2.46. The first-order valence-electron chi connectivity index (χ1n) is 6.93. The van der Waals surface area contributed by atoms with Crippen LogP contribution >= 0.6 is 0 Å². The van der Waals surface area contributed by atoms with E-state index in [9.17, 15) is 0 Å². The molecule has 1 aromatic heterocycles. The van der Waals surface area contributed by atoms with Crippen molar-refractivity contribution in [2.45, 2.75) is 32.9 Å². The van der Waals surface area contributed by atoms with Crippen LogP contribution in [0.25, 0.3) is 0 Å². The normalized spacial score (nSPS) is 14.1. The fraction of sp³-hybridized carbons (Fsp3) is 0.438. The Bertz CT molecular complexity index is 545. The average Bonchev–Trinajstić information content (AvgIpc) is 2.85. The molecule has 2 aromatic rings. The van der Waals surface area contributed by atoms with E-state index in [2.05, 4.69) is 53.3 Å². The Balaban J connectivity index is 2.02. The maximum atomic E-state index is 5.55. The van der Waals surface area contributed by atoms with Crippen molar-refractivity contribution in [2.75, 3.05) is 19.0 Å².